The van der Waals surface area contributed by atoms with Gasteiger partial charge < -0.3 is 10.4 Å². The Morgan fingerprint density at radius 3 is 2.70 bits per heavy atom. The minimum Gasteiger partial charge on any atom is -0.504 e. The van der Waals surface area contributed by atoms with Crippen molar-refractivity contribution in [3.05, 3.63) is 77.1 Å². The number of aromatic nitrogens is 2. The molecule has 0 radical (unpaired) electrons. The molecule has 2 aromatic carbocycles. The lowest BCUT2D eigenvalue weighted by atomic mass is 10.2. The molecule has 3 aromatic rings. The first-order valence-electron chi connectivity index (χ1n) is 7.00. The quantitative estimate of drug-likeness (QED) is 0.773. The standard InChI is InChI=1S/C17H14ClN3O2/c18-13-6-4-5-12(9-13)10-19-17(23)16-15(22)11-21(20-16)14-7-2-1-3-8-14/h1-9,11,22H,10H2,(H,19,23). The molecule has 0 atom stereocenters. The number of hydrogen-bond donors (Lipinski definition) is 2. The Bertz CT molecular complexity index is 831. The van der Waals surface area contributed by atoms with Crippen LogP contribution in [0, 0.1) is 0 Å². The predicted molar refractivity (Wildman–Crippen MR) is 87.9 cm³/mol. The van der Waals surface area contributed by atoms with Crippen molar-refractivity contribution in [3.8, 4) is 11.4 Å². The largest absolute Gasteiger partial charge is 0.504 e. The number of hydrogen-bond acceptors (Lipinski definition) is 3. The highest BCUT2D eigenvalue weighted by Gasteiger charge is 2.16. The van der Waals surface area contributed by atoms with Crippen LogP contribution in [0.15, 0.2) is 60.8 Å². The SMILES string of the molecule is O=C(NCc1cccc(Cl)c1)c1nn(-c2ccccc2)cc1O. The van der Waals surface area contributed by atoms with E-state index in [9.17, 15) is 9.90 Å². The summed E-state index contributed by atoms with van der Waals surface area (Å²) in [5.41, 5.74) is 1.61. The second kappa shape index (κ2) is 6.54. The Labute approximate surface area is 138 Å². The molecule has 0 spiro atoms. The molecule has 1 aromatic heterocycles. The lowest BCUT2D eigenvalue weighted by molar-refractivity contribution is 0.0943. The van der Waals surface area contributed by atoms with Crippen LogP contribution in [0.4, 0.5) is 0 Å². The third-order valence-electron chi connectivity index (χ3n) is 3.27. The molecule has 1 amide bonds. The number of halogens is 1. The van der Waals surface area contributed by atoms with Crippen molar-refractivity contribution in [1.82, 2.24) is 15.1 Å². The number of para-hydroxylation sites is 1. The van der Waals surface area contributed by atoms with Crippen molar-refractivity contribution in [2.45, 2.75) is 6.54 Å². The van der Waals surface area contributed by atoms with E-state index in [2.05, 4.69) is 10.4 Å². The molecule has 0 saturated heterocycles. The molecule has 0 bridgehead atoms. The number of carbonyl (C=O) groups is 1. The average Bonchev–Trinajstić information content (AvgIpc) is 2.95. The average molecular weight is 328 g/mol. The van der Waals surface area contributed by atoms with Gasteiger partial charge in [0, 0.05) is 11.6 Å². The zero-order valence-corrected chi connectivity index (χ0v) is 12.9. The molecule has 5 nitrogen and oxygen atoms in total. The molecule has 0 unspecified atom stereocenters. The lowest BCUT2D eigenvalue weighted by Gasteiger charge is -2.04. The number of carbonyl (C=O) groups excluding carboxylic acids is 1. The highest BCUT2D eigenvalue weighted by molar-refractivity contribution is 6.30. The van der Waals surface area contributed by atoms with Crippen molar-refractivity contribution >= 4 is 17.5 Å². The van der Waals surface area contributed by atoms with E-state index in [1.807, 2.05) is 42.5 Å². The molecule has 0 saturated carbocycles. The van der Waals surface area contributed by atoms with E-state index in [1.54, 1.807) is 12.1 Å². The van der Waals surface area contributed by atoms with Gasteiger partial charge in [0.25, 0.3) is 5.91 Å². The summed E-state index contributed by atoms with van der Waals surface area (Å²) >= 11 is 5.91. The van der Waals surface area contributed by atoms with Crippen molar-refractivity contribution in [2.75, 3.05) is 0 Å². The molecular weight excluding hydrogens is 314 g/mol. The van der Waals surface area contributed by atoms with Crippen LogP contribution in [0.1, 0.15) is 16.1 Å². The van der Waals surface area contributed by atoms with Crippen molar-refractivity contribution < 1.29 is 9.90 Å². The van der Waals surface area contributed by atoms with Gasteiger partial charge in [-0.3, -0.25) is 4.79 Å². The van der Waals surface area contributed by atoms with E-state index in [0.717, 1.165) is 11.3 Å². The van der Waals surface area contributed by atoms with Crippen LogP contribution in [-0.2, 0) is 6.54 Å². The number of nitrogens with one attached hydrogen (secondary N) is 1. The summed E-state index contributed by atoms with van der Waals surface area (Å²) < 4.78 is 1.46. The molecule has 1 heterocycles. The molecule has 0 aliphatic carbocycles. The van der Waals surface area contributed by atoms with Crippen LogP contribution in [0.5, 0.6) is 5.75 Å². The highest BCUT2D eigenvalue weighted by Crippen LogP contribution is 2.18. The molecule has 2 N–H and O–H groups in total. The normalized spacial score (nSPS) is 10.5. The minimum atomic E-state index is -0.447. The molecule has 116 valence electrons. The number of amides is 1. The second-order valence-corrected chi connectivity index (χ2v) is 5.39. The predicted octanol–water partition coefficient (Wildman–Crippen LogP) is 3.16. The fraction of sp³-hybridized carbons (Fsp3) is 0.0588. The van der Waals surface area contributed by atoms with Crippen LogP contribution in [0.3, 0.4) is 0 Å². The fourth-order valence-electron chi connectivity index (χ4n) is 2.15. The van der Waals surface area contributed by atoms with E-state index in [0.29, 0.717) is 11.6 Å². The van der Waals surface area contributed by atoms with Crippen LogP contribution in [0.2, 0.25) is 5.02 Å². The molecular formula is C17H14ClN3O2. The Morgan fingerprint density at radius 1 is 1.17 bits per heavy atom. The topological polar surface area (TPSA) is 67.2 Å². The van der Waals surface area contributed by atoms with Gasteiger partial charge in [0.1, 0.15) is 0 Å². The summed E-state index contributed by atoms with van der Waals surface area (Å²) in [7, 11) is 0. The Hall–Kier alpha value is -2.79. The number of aromatic hydroxyl groups is 1. The molecule has 0 aliphatic rings. The van der Waals surface area contributed by atoms with E-state index < -0.39 is 5.91 Å². The molecule has 0 fully saturated rings. The van der Waals surface area contributed by atoms with Gasteiger partial charge in [0.05, 0.1) is 11.9 Å². The summed E-state index contributed by atoms with van der Waals surface area (Å²) in [6, 6.07) is 16.5. The zero-order chi connectivity index (χ0) is 16.2. The van der Waals surface area contributed by atoms with Gasteiger partial charge in [-0.1, -0.05) is 41.9 Å². The van der Waals surface area contributed by atoms with Crippen LogP contribution in [-0.4, -0.2) is 20.8 Å². The third-order valence-corrected chi connectivity index (χ3v) is 3.51. The number of benzene rings is 2. The Kier molecular flexibility index (Phi) is 4.30. The number of nitrogens with zero attached hydrogens (tertiary/aromatic N) is 2. The van der Waals surface area contributed by atoms with E-state index in [4.69, 9.17) is 11.6 Å². The van der Waals surface area contributed by atoms with E-state index >= 15 is 0 Å². The Morgan fingerprint density at radius 2 is 1.96 bits per heavy atom. The minimum absolute atomic E-state index is 0.0177. The lowest BCUT2D eigenvalue weighted by Crippen LogP contribution is -2.23. The number of rotatable bonds is 4. The molecule has 6 heteroatoms. The monoisotopic (exact) mass is 327 g/mol. The maximum atomic E-state index is 12.2. The van der Waals surface area contributed by atoms with Gasteiger partial charge in [-0.25, -0.2) is 4.68 Å². The van der Waals surface area contributed by atoms with Gasteiger partial charge in [-0.05, 0) is 29.8 Å². The smallest absolute Gasteiger partial charge is 0.275 e. The van der Waals surface area contributed by atoms with Gasteiger partial charge in [-0.2, -0.15) is 5.10 Å². The highest BCUT2D eigenvalue weighted by atomic mass is 35.5. The first-order chi connectivity index (χ1) is 11.1. The van der Waals surface area contributed by atoms with E-state index in [1.165, 1.54) is 10.9 Å². The summed E-state index contributed by atoms with van der Waals surface area (Å²) in [6.45, 7) is 0.303. The zero-order valence-electron chi connectivity index (χ0n) is 12.1. The van der Waals surface area contributed by atoms with Crippen molar-refractivity contribution in [3.63, 3.8) is 0 Å². The van der Waals surface area contributed by atoms with Crippen LogP contribution in [0.25, 0.3) is 5.69 Å². The van der Waals surface area contributed by atoms with E-state index in [-0.39, 0.29) is 11.4 Å². The summed E-state index contributed by atoms with van der Waals surface area (Å²) in [4.78, 5) is 12.2. The van der Waals surface area contributed by atoms with Gasteiger partial charge in [-0.15, -0.1) is 0 Å². The van der Waals surface area contributed by atoms with Gasteiger partial charge in [0.2, 0.25) is 0 Å². The van der Waals surface area contributed by atoms with Crippen molar-refractivity contribution in [1.29, 1.82) is 0 Å². The van der Waals surface area contributed by atoms with Gasteiger partial charge in [0.15, 0.2) is 11.4 Å². The van der Waals surface area contributed by atoms with Gasteiger partial charge >= 0.3 is 0 Å². The van der Waals surface area contributed by atoms with Crippen molar-refractivity contribution in [2.24, 2.45) is 0 Å². The maximum absolute atomic E-state index is 12.2. The van der Waals surface area contributed by atoms with Crippen LogP contribution < -0.4 is 5.32 Å². The Balaban J connectivity index is 1.74. The second-order valence-electron chi connectivity index (χ2n) is 4.96. The molecule has 0 aliphatic heterocycles. The first kappa shape index (κ1) is 15.1. The molecule has 23 heavy (non-hydrogen) atoms. The first-order valence-corrected chi connectivity index (χ1v) is 7.38. The third kappa shape index (κ3) is 3.52. The maximum Gasteiger partial charge on any atom is 0.275 e. The van der Waals surface area contributed by atoms with Crippen LogP contribution >= 0.6 is 11.6 Å². The summed E-state index contributed by atoms with van der Waals surface area (Å²) in [6.07, 6.45) is 1.41. The fourth-order valence-corrected chi connectivity index (χ4v) is 2.37. The summed E-state index contributed by atoms with van der Waals surface area (Å²) in [5, 5.41) is 17.4. The molecule has 3 rings (SSSR count). The summed E-state index contributed by atoms with van der Waals surface area (Å²) in [5.74, 6) is -0.616.